The second-order valence-corrected chi connectivity index (χ2v) is 11.4. The third-order valence-electron chi connectivity index (χ3n) is 8.49. The molecule has 13 heteroatoms. The quantitative estimate of drug-likeness (QED) is 0.0892. The van der Waals surface area contributed by atoms with Gasteiger partial charge >= 0.3 is 12.4 Å². The van der Waals surface area contributed by atoms with Crippen LogP contribution in [-0.4, -0.2) is 25.2 Å². The van der Waals surface area contributed by atoms with Gasteiger partial charge in [0.2, 0.25) is 0 Å². The van der Waals surface area contributed by atoms with E-state index < -0.39 is 51.8 Å². The zero-order valence-electron chi connectivity index (χ0n) is 24.8. The maximum atomic E-state index is 13.5. The van der Waals surface area contributed by atoms with E-state index in [-0.39, 0.29) is 11.8 Å². The van der Waals surface area contributed by atoms with Crippen LogP contribution in [0.3, 0.4) is 0 Å². The van der Waals surface area contributed by atoms with E-state index in [1.807, 2.05) is 6.08 Å². The lowest BCUT2D eigenvalue weighted by Gasteiger charge is -2.31. The number of rotatable bonds is 11. The van der Waals surface area contributed by atoms with Gasteiger partial charge in [0, 0.05) is 23.8 Å². The van der Waals surface area contributed by atoms with Crippen molar-refractivity contribution in [2.45, 2.75) is 44.1 Å². The minimum absolute atomic E-state index is 0.00930. The summed E-state index contributed by atoms with van der Waals surface area (Å²) < 4.78 is 86.2. The minimum atomic E-state index is -5.08. The maximum absolute atomic E-state index is 13.5. The van der Waals surface area contributed by atoms with Crippen LogP contribution in [0.2, 0.25) is 0 Å². The van der Waals surface area contributed by atoms with E-state index in [1.54, 1.807) is 30.5 Å². The van der Waals surface area contributed by atoms with Gasteiger partial charge in [-0.15, -0.1) is 6.58 Å². The number of benzene rings is 2. The predicted molar refractivity (Wildman–Crippen MR) is 164 cm³/mol. The van der Waals surface area contributed by atoms with Crippen LogP contribution in [0.1, 0.15) is 48.4 Å². The van der Waals surface area contributed by atoms with Gasteiger partial charge in [0.05, 0.1) is 29.8 Å². The van der Waals surface area contributed by atoms with Crippen molar-refractivity contribution < 1.29 is 31.1 Å². The molecule has 2 heterocycles. The molecule has 1 saturated heterocycles. The standard InChI is InChI=1S/C33H32F6N4O3/c1-3-18-17-40-11-9-19(18)5-4-6-27(24-10-12-41-26-8-7-23(46-2)16-25(24)26)43-29-28(30(44)31(29)45)42-22-14-20(32(34,35)36)13-21(15-22)33(37,38)39/h3,7-8,10,12-16,18-19,27,40,42-43H,1,4-6,9,11,17H2,2H3/t18?,19-,27?/m1/s1. The number of hydrogen-bond acceptors (Lipinski definition) is 7. The van der Waals surface area contributed by atoms with Gasteiger partial charge < -0.3 is 20.7 Å². The fraction of sp³-hybridized carbons (Fsp3) is 0.364. The van der Waals surface area contributed by atoms with Gasteiger partial charge in [-0.2, -0.15) is 26.3 Å². The fourth-order valence-corrected chi connectivity index (χ4v) is 6.03. The Labute approximate surface area is 260 Å². The van der Waals surface area contributed by atoms with Crippen LogP contribution in [-0.2, 0) is 12.4 Å². The summed E-state index contributed by atoms with van der Waals surface area (Å²) in [5.74, 6) is 1.25. The van der Waals surface area contributed by atoms with E-state index in [0.717, 1.165) is 31.5 Å². The van der Waals surface area contributed by atoms with Gasteiger partial charge in [0.15, 0.2) is 0 Å². The Balaban J connectivity index is 1.49. The zero-order chi connectivity index (χ0) is 33.2. The first-order valence-electron chi connectivity index (χ1n) is 14.7. The number of hydrogen-bond donors (Lipinski definition) is 3. The second-order valence-electron chi connectivity index (χ2n) is 11.4. The maximum Gasteiger partial charge on any atom is 0.416 e. The minimum Gasteiger partial charge on any atom is -0.497 e. The van der Waals surface area contributed by atoms with Crippen molar-refractivity contribution in [3.63, 3.8) is 0 Å². The molecule has 1 aromatic heterocycles. The van der Waals surface area contributed by atoms with Gasteiger partial charge in [0.25, 0.3) is 10.9 Å². The van der Waals surface area contributed by atoms with Gasteiger partial charge in [-0.1, -0.05) is 12.5 Å². The van der Waals surface area contributed by atoms with E-state index in [0.29, 0.717) is 53.5 Å². The Hall–Kier alpha value is -4.39. The molecule has 0 spiro atoms. The number of anilines is 3. The van der Waals surface area contributed by atoms with E-state index in [9.17, 15) is 35.9 Å². The topological polar surface area (TPSA) is 92.3 Å². The van der Waals surface area contributed by atoms with E-state index >= 15 is 0 Å². The number of nitrogens with zero attached hydrogens (tertiary/aromatic N) is 1. The van der Waals surface area contributed by atoms with Crippen molar-refractivity contribution in [3.8, 4) is 5.75 Å². The molecule has 0 aliphatic carbocycles. The van der Waals surface area contributed by atoms with Crippen molar-refractivity contribution in [1.82, 2.24) is 10.3 Å². The Morgan fingerprint density at radius 2 is 1.72 bits per heavy atom. The Morgan fingerprint density at radius 1 is 1.02 bits per heavy atom. The fourth-order valence-electron chi connectivity index (χ4n) is 6.03. The predicted octanol–water partition coefficient (Wildman–Crippen LogP) is 7.36. The molecule has 0 amide bonds. The molecule has 46 heavy (non-hydrogen) atoms. The van der Waals surface area contributed by atoms with Crippen LogP contribution in [0.5, 0.6) is 5.75 Å². The summed E-state index contributed by atoms with van der Waals surface area (Å²) in [6, 6.07) is 7.41. The highest BCUT2D eigenvalue weighted by Gasteiger charge is 2.37. The summed E-state index contributed by atoms with van der Waals surface area (Å²) in [6.07, 6.45) is -3.61. The highest BCUT2D eigenvalue weighted by molar-refractivity contribution is 5.85. The zero-order valence-corrected chi connectivity index (χ0v) is 24.8. The number of aromatic nitrogens is 1. The average Bonchev–Trinajstić information content (AvgIpc) is 3.04. The molecule has 3 aromatic carbocycles. The van der Waals surface area contributed by atoms with Crippen molar-refractivity contribution in [1.29, 1.82) is 0 Å². The van der Waals surface area contributed by atoms with Crippen LogP contribution in [0, 0.1) is 11.8 Å². The lowest BCUT2D eigenvalue weighted by Crippen LogP contribution is -2.37. The first kappa shape index (κ1) is 33.0. The number of fused-ring (bicyclic) bond motifs is 1. The highest BCUT2D eigenvalue weighted by atomic mass is 19.4. The number of pyridine rings is 1. The Kier molecular flexibility index (Phi) is 9.43. The lowest BCUT2D eigenvalue weighted by molar-refractivity contribution is -0.143. The molecule has 7 nitrogen and oxygen atoms in total. The molecule has 5 rings (SSSR count). The Bertz CT molecular complexity index is 1760. The number of methoxy groups -OCH3 is 1. The molecule has 3 atom stereocenters. The van der Waals surface area contributed by atoms with Crippen LogP contribution in [0.15, 0.2) is 70.9 Å². The Morgan fingerprint density at radius 3 is 2.37 bits per heavy atom. The normalized spacial score (nSPS) is 18.0. The van der Waals surface area contributed by atoms with Crippen molar-refractivity contribution in [3.05, 3.63) is 98.5 Å². The number of alkyl halides is 6. The third kappa shape index (κ3) is 7.04. The van der Waals surface area contributed by atoms with Crippen molar-refractivity contribution in [2.24, 2.45) is 11.8 Å². The van der Waals surface area contributed by atoms with E-state index in [4.69, 9.17) is 4.74 Å². The molecule has 0 saturated carbocycles. The molecule has 3 N–H and O–H groups in total. The molecule has 244 valence electrons. The smallest absolute Gasteiger partial charge is 0.416 e. The summed E-state index contributed by atoms with van der Waals surface area (Å²) in [6.45, 7) is 5.66. The van der Waals surface area contributed by atoms with Gasteiger partial charge in [-0.25, -0.2) is 0 Å². The first-order chi connectivity index (χ1) is 21.8. The van der Waals surface area contributed by atoms with Crippen LogP contribution >= 0.6 is 0 Å². The van der Waals surface area contributed by atoms with Gasteiger partial charge in [-0.05, 0) is 85.7 Å². The highest BCUT2D eigenvalue weighted by Crippen LogP contribution is 2.39. The number of piperidine rings is 1. The summed E-state index contributed by atoms with van der Waals surface area (Å²) >= 11 is 0. The molecular weight excluding hydrogens is 614 g/mol. The lowest BCUT2D eigenvalue weighted by atomic mass is 9.82. The van der Waals surface area contributed by atoms with Crippen LogP contribution in [0.4, 0.5) is 43.4 Å². The summed E-state index contributed by atoms with van der Waals surface area (Å²) in [5, 5.41) is 9.54. The molecule has 0 radical (unpaired) electrons. The molecule has 1 aliphatic rings. The number of nitrogens with one attached hydrogen (secondary N) is 3. The van der Waals surface area contributed by atoms with Crippen LogP contribution < -0.4 is 31.5 Å². The van der Waals surface area contributed by atoms with Crippen molar-refractivity contribution in [2.75, 3.05) is 30.8 Å². The molecule has 1 fully saturated rings. The summed E-state index contributed by atoms with van der Waals surface area (Å²) in [5.41, 5.74) is -4.99. The molecule has 4 aromatic rings. The second kappa shape index (κ2) is 13.1. The van der Waals surface area contributed by atoms with Crippen molar-refractivity contribution >= 4 is 28.0 Å². The van der Waals surface area contributed by atoms with Gasteiger partial charge in [-0.3, -0.25) is 14.6 Å². The molecule has 1 aliphatic heterocycles. The summed E-state index contributed by atoms with van der Waals surface area (Å²) in [4.78, 5) is 29.9. The van der Waals surface area contributed by atoms with Gasteiger partial charge in [0.1, 0.15) is 17.1 Å². The number of ether oxygens (including phenoxy) is 1. The molecule has 2 unspecified atom stereocenters. The number of halogens is 6. The average molecular weight is 647 g/mol. The molecular formula is C33H32F6N4O3. The van der Waals surface area contributed by atoms with E-state index in [2.05, 4.69) is 27.5 Å². The first-order valence-corrected chi connectivity index (χ1v) is 14.7. The van der Waals surface area contributed by atoms with Crippen LogP contribution in [0.25, 0.3) is 10.9 Å². The molecule has 0 bridgehead atoms. The van der Waals surface area contributed by atoms with E-state index in [1.165, 1.54) is 7.11 Å². The third-order valence-corrected chi connectivity index (χ3v) is 8.49. The monoisotopic (exact) mass is 646 g/mol. The largest absolute Gasteiger partial charge is 0.497 e. The SMILES string of the molecule is C=CC1CNCC[C@H]1CCCC(Nc1c(Nc2cc(C(F)(F)F)cc(C(F)(F)F)c2)c(=O)c1=O)c1ccnc2ccc(OC)cc12. The summed E-state index contributed by atoms with van der Waals surface area (Å²) in [7, 11) is 1.52.